The van der Waals surface area contributed by atoms with Crippen LogP contribution >= 0.6 is 0 Å². The summed E-state index contributed by atoms with van der Waals surface area (Å²) >= 11 is 0. The van der Waals surface area contributed by atoms with Crippen molar-refractivity contribution >= 4 is 6.91 Å². The molecule has 0 nitrogen and oxygen atoms in total. The fourth-order valence-corrected chi connectivity index (χ4v) is 1.57. The quantitative estimate of drug-likeness (QED) is 0.656. The van der Waals surface area contributed by atoms with Crippen LogP contribution in [0, 0.1) is 13.8 Å². The Bertz CT molecular complexity index is 429. The van der Waals surface area contributed by atoms with Crippen LogP contribution in [0.2, 0.25) is 0 Å². The molecule has 0 fully saturated rings. The Hall–Kier alpha value is -1.37. The summed E-state index contributed by atoms with van der Waals surface area (Å²) in [5, 5.41) is 0. The van der Waals surface area contributed by atoms with Crippen LogP contribution in [0.1, 0.15) is 24.9 Å². The molecule has 0 aliphatic rings. The molecule has 0 saturated carbocycles. The van der Waals surface area contributed by atoms with Gasteiger partial charge in [-0.1, -0.05) is 13.8 Å². The van der Waals surface area contributed by atoms with Gasteiger partial charge < -0.3 is 0 Å². The molecular formula is C15H19B. The summed E-state index contributed by atoms with van der Waals surface area (Å²) in [4.78, 5) is 0. The van der Waals surface area contributed by atoms with Gasteiger partial charge in [0.2, 0.25) is 0 Å². The first-order chi connectivity index (χ1) is 7.75. The number of hydrogen-bond acceptors (Lipinski definition) is 0. The van der Waals surface area contributed by atoms with E-state index in [1.807, 2.05) is 13.8 Å². The second-order valence-electron chi connectivity index (χ2n) is 3.74. The molecule has 1 heteroatoms. The molecule has 1 aromatic carbocycles. The zero-order chi connectivity index (χ0) is 12.0. The average Bonchev–Trinajstić information content (AvgIpc) is 2.32. The maximum atomic E-state index is 2.21. The Balaban J connectivity index is 0.000000606. The molecule has 0 aliphatic heterocycles. The van der Waals surface area contributed by atoms with Crippen LogP contribution in [0.15, 0.2) is 42.4 Å². The molecule has 2 aromatic rings. The van der Waals surface area contributed by atoms with Gasteiger partial charge in [0.25, 0.3) is 0 Å². The Labute approximate surface area is 99.6 Å². The minimum atomic E-state index is 1.29. The van der Waals surface area contributed by atoms with E-state index in [2.05, 4.69) is 63.1 Å². The van der Waals surface area contributed by atoms with Crippen LogP contribution in [0.4, 0.5) is 0 Å². The van der Waals surface area contributed by atoms with Gasteiger partial charge in [0.15, 0.2) is 0 Å². The Morgan fingerprint density at radius 3 is 2.19 bits per heavy atom. The number of aryl methyl sites for hydroxylation is 2. The van der Waals surface area contributed by atoms with Crippen LogP contribution in [0.3, 0.4) is 0 Å². The molecule has 1 heterocycles. The number of rotatable bonds is 1. The normalized spacial score (nSPS) is 9.00. The third-order valence-electron chi connectivity index (χ3n) is 2.40. The first-order valence-electron chi connectivity index (χ1n) is 5.89. The molecule has 1 aromatic heterocycles. The van der Waals surface area contributed by atoms with Gasteiger partial charge in [-0.3, -0.25) is 0 Å². The van der Waals surface area contributed by atoms with Gasteiger partial charge in [0, 0.05) is 0 Å². The summed E-state index contributed by atoms with van der Waals surface area (Å²) in [5.41, 5.74) is 5.20. The SMILES string of the molecule is CC.Cc1bcc(-c2cccc(C)c2)cc1. The molecular weight excluding hydrogens is 191 g/mol. The summed E-state index contributed by atoms with van der Waals surface area (Å²) in [7, 11) is 0. The minimum absolute atomic E-state index is 1.29. The van der Waals surface area contributed by atoms with Crippen LogP contribution in [0.25, 0.3) is 11.1 Å². The summed E-state index contributed by atoms with van der Waals surface area (Å²) in [6.45, 7) is 10.4. The van der Waals surface area contributed by atoms with E-state index in [0.29, 0.717) is 0 Å². The molecule has 82 valence electrons. The van der Waals surface area contributed by atoms with Gasteiger partial charge in [-0.05, 0) is 0 Å². The van der Waals surface area contributed by atoms with Crippen molar-refractivity contribution in [2.24, 2.45) is 0 Å². The molecule has 0 atom stereocenters. The molecule has 0 aliphatic carbocycles. The maximum absolute atomic E-state index is 2.21. The number of hydrogen-bond donors (Lipinski definition) is 0. The van der Waals surface area contributed by atoms with Crippen LogP contribution in [0.5, 0.6) is 0 Å². The number of benzene rings is 1. The summed E-state index contributed by atoms with van der Waals surface area (Å²) in [5.74, 6) is 2.17. The van der Waals surface area contributed by atoms with E-state index in [4.69, 9.17) is 0 Å². The van der Waals surface area contributed by atoms with E-state index < -0.39 is 0 Å². The van der Waals surface area contributed by atoms with Crippen molar-refractivity contribution in [2.45, 2.75) is 27.7 Å². The van der Waals surface area contributed by atoms with E-state index in [9.17, 15) is 0 Å². The predicted octanol–water partition coefficient (Wildman–Crippen LogP) is 4.33. The first-order valence-corrected chi connectivity index (χ1v) is 5.89. The molecule has 0 amide bonds. The fraction of sp³-hybridized carbons (Fsp3) is 0.267. The third kappa shape index (κ3) is 3.34. The second-order valence-corrected chi connectivity index (χ2v) is 3.74. The van der Waals surface area contributed by atoms with E-state index in [1.165, 1.54) is 22.1 Å². The molecule has 0 unspecified atom stereocenters. The van der Waals surface area contributed by atoms with Gasteiger partial charge >= 0.3 is 85.3 Å². The fourth-order valence-electron chi connectivity index (χ4n) is 1.57. The third-order valence-corrected chi connectivity index (χ3v) is 2.40. The van der Waals surface area contributed by atoms with Crippen LogP contribution in [-0.2, 0) is 0 Å². The van der Waals surface area contributed by atoms with Crippen molar-refractivity contribution in [1.29, 1.82) is 0 Å². The molecule has 0 N–H and O–H groups in total. The molecule has 16 heavy (non-hydrogen) atoms. The average molecular weight is 210 g/mol. The van der Waals surface area contributed by atoms with Crippen molar-refractivity contribution in [3.63, 3.8) is 0 Å². The van der Waals surface area contributed by atoms with Crippen molar-refractivity contribution in [2.75, 3.05) is 0 Å². The molecule has 0 spiro atoms. The Morgan fingerprint density at radius 1 is 0.875 bits per heavy atom. The van der Waals surface area contributed by atoms with E-state index >= 15 is 0 Å². The van der Waals surface area contributed by atoms with Gasteiger partial charge in [0.1, 0.15) is 0 Å². The van der Waals surface area contributed by atoms with Gasteiger partial charge in [-0.15, -0.1) is 0 Å². The summed E-state index contributed by atoms with van der Waals surface area (Å²) in [6.07, 6.45) is 0. The molecule has 0 radical (unpaired) electrons. The molecule has 0 saturated heterocycles. The monoisotopic (exact) mass is 210 g/mol. The van der Waals surface area contributed by atoms with Crippen molar-refractivity contribution in [3.05, 3.63) is 53.4 Å². The van der Waals surface area contributed by atoms with Crippen molar-refractivity contribution in [3.8, 4) is 11.1 Å². The van der Waals surface area contributed by atoms with Gasteiger partial charge in [-0.2, -0.15) is 0 Å². The standard InChI is InChI=1S/C13H13B.C2H6/c1-10-4-3-5-12(8-10)13-7-6-11(2)14-9-13;1-2/h3-9H,1-2H3;1-2H3. The van der Waals surface area contributed by atoms with Crippen molar-refractivity contribution in [1.82, 2.24) is 0 Å². The molecule has 2 rings (SSSR count). The van der Waals surface area contributed by atoms with E-state index in [1.54, 1.807) is 0 Å². The van der Waals surface area contributed by atoms with Crippen LogP contribution in [-0.4, -0.2) is 6.91 Å². The Morgan fingerprint density at radius 2 is 1.62 bits per heavy atom. The molecule has 0 bridgehead atoms. The Kier molecular flexibility index (Phi) is 4.98. The zero-order valence-corrected chi connectivity index (χ0v) is 10.6. The second kappa shape index (κ2) is 6.27. The van der Waals surface area contributed by atoms with E-state index in [-0.39, 0.29) is 0 Å². The topological polar surface area (TPSA) is 0 Å². The van der Waals surface area contributed by atoms with Gasteiger partial charge in [0.05, 0.1) is 0 Å². The van der Waals surface area contributed by atoms with Gasteiger partial charge in [-0.25, -0.2) is 0 Å². The zero-order valence-electron chi connectivity index (χ0n) is 10.6. The summed E-state index contributed by atoms with van der Waals surface area (Å²) in [6, 6.07) is 12.9. The van der Waals surface area contributed by atoms with Crippen LogP contribution < -0.4 is 0 Å². The van der Waals surface area contributed by atoms with Crippen molar-refractivity contribution < 1.29 is 0 Å². The van der Waals surface area contributed by atoms with E-state index in [0.717, 1.165) is 0 Å². The predicted molar refractivity (Wildman–Crippen MR) is 74.0 cm³/mol. The first kappa shape index (κ1) is 12.7. The summed E-state index contributed by atoms with van der Waals surface area (Å²) < 4.78 is 0.